The van der Waals surface area contributed by atoms with Gasteiger partial charge >= 0.3 is 0 Å². The van der Waals surface area contributed by atoms with Gasteiger partial charge in [-0.1, -0.05) is 36.9 Å². The highest BCUT2D eigenvalue weighted by molar-refractivity contribution is 7.99. The maximum Gasteiger partial charge on any atom is 0.247 e. The maximum atomic E-state index is 12.5. The third-order valence-corrected chi connectivity index (χ3v) is 5.37. The summed E-state index contributed by atoms with van der Waals surface area (Å²) < 4.78 is 6.23. The molecule has 132 valence electrons. The first-order chi connectivity index (χ1) is 12.7. The van der Waals surface area contributed by atoms with E-state index < -0.39 is 6.23 Å². The third kappa shape index (κ3) is 2.95. The SMILES string of the molecule is CCSc1nnc2c(n1)OC(c1ccsc1)N(C(C)=O)c1ccccc1-2. The van der Waals surface area contributed by atoms with E-state index in [4.69, 9.17) is 4.74 Å². The standard InChI is InChI=1S/C18H16N4O2S2/c1-3-26-18-19-16-15(20-21-18)13-6-4-5-7-14(13)22(11(2)23)17(24-16)12-8-9-25-10-12/h4-10,17H,3H2,1-2H3. The predicted molar refractivity (Wildman–Crippen MR) is 103 cm³/mol. The average molecular weight is 384 g/mol. The number of nitrogens with zero attached hydrogens (tertiary/aromatic N) is 4. The van der Waals surface area contributed by atoms with Gasteiger partial charge in [0.25, 0.3) is 0 Å². The van der Waals surface area contributed by atoms with Crippen molar-refractivity contribution in [2.24, 2.45) is 0 Å². The Kier molecular flexibility index (Phi) is 4.60. The molecular weight excluding hydrogens is 368 g/mol. The lowest BCUT2D eigenvalue weighted by Crippen LogP contribution is -2.35. The highest BCUT2D eigenvalue weighted by atomic mass is 32.2. The van der Waals surface area contributed by atoms with Gasteiger partial charge in [-0.25, -0.2) is 0 Å². The van der Waals surface area contributed by atoms with Crippen LogP contribution in [0, 0.1) is 0 Å². The average Bonchev–Trinajstić information content (AvgIpc) is 3.12. The molecule has 1 unspecified atom stereocenters. The molecule has 1 aliphatic heterocycles. The van der Waals surface area contributed by atoms with Crippen molar-refractivity contribution in [2.75, 3.05) is 10.7 Å². The van der Waals surface area contributed by atoms with E-state index >= 15 is 0 Å². The summed E-state index contributed by atoms with van der Waals surface area (Å²) in [6.45, 7) is 3.56. The molecule has 8 heteroatoms. The Labute approximate surface area is 159 Å². The topological polar surface area (TPSA) is 68.2 Å². The molecule has 0 saturated heterocycles. The molecule has 0 N–H and O–H groups in total. The highest BCUT2D eigenvalue weighted by Crippen LogP contribution is 2.43. The lowest BCUT2D eigenvalue weighted by Gasteiger charge is -2.29. The Balaban J connectivity index is 1.94. The number of carbonyl (C=O) groups is 1. The summed E-state index contributed by atoms with van der Waals surface area (Å²) in [4.78, 5) is 18.7. The van der Waals surface area contributed by atoms with Crippen molar-refractivity contribution in [1.29, 1.82) is 0 Å². The fourth-order valence-corrected chi connectivity index (χ4v) is 4.05. The minimum atomic E-state index is -0.600. The molecule has 1 aromatic carbocycles. The van der Waals surface area contributed by atoms with Crippen LogP contribution in [-0.4, -0.2) is 26.8 Å². The Morgan fingerprint density at radius 1 is 1.31 bits per heavy atom. The van der Waals surface area contributed by atoms with Crippen molar-refractivity contribution >= 4 is 34.7 Å². The number of ether oxygens (including phenoxy) is 1. The Hall–Kier alpha value is -2.45. The summed E-state index contributed by atoms with van der Waals surface area (Å²) in [5.41, 5.74) is 2.96. The van der Waals surface area contributed by atoms with Crippen molar-refractivity contribution in [3.05, 3.63) is 46.7 Å². The van der Waals surface area contributed by atoms with E-state index in [0.717, 1.165) is 22.6 Å². The Bertz CT molecular complexity index is 946. The van der Waals surface area contributed by atoms with Crippen molar-refractivity contribution in [2.45, 2.75) is 25.2 Å². The zero-order valence-corrected chi connectivity index (χ0v) is 15.9. The predicted octanol–water partition coefficient (Wildman–Crippen LogP) is 4.16. The van der Waals surface area contributed by atoms with Crippen LogP contribution in [0.25, 0.3) is 11.3 Å². The van der Waals surface area contributed by atoms with Gasteiger partial charge in [-0.2, -0.15) is 16.3 Å². The van der Waals surface area contributed by atoms with Crippen molar-refractivity contribution < 1.29 is 9.53 Å². The number of benzene rings is 1. The summed E-state index contributed by atoms with van der Waals surface area (Å²) in [6.07, 6.45) is -0.600. The molecule has 2 aromatic heterocycles. The number of thiophene rings is 1. The van der Waals surface area contributed by atoms with Crippen molar-refractivity contribution in [1.82, 2.24) is 15.2 Å². The van der Waals surface area contributed by atoms with Crippen LogP contribution in [0.15, 0.2) is 46.2 Å². The second-order valence-electron chi connectivity index (χ2n) is 5.61. The molecule has 0 fully saturated rings. The zero-order valence-electron chi connectivity index (χ0n) is 14.2. The minimum absolute atomic E-state index is 0.113. The number of para-hydroxylation sites is 1. The van der Waals surface area contributed by atoms with Crippen LogP contribution in [0.5, 0.6) is 5.88 Å². The van der Waals surface area contributed by atoms with Crippen LogP contribution in [0.4, 0.5) is 5.69 Å². The van der Waals surface area contributed by atoms with E-state index in [1.807, 2.05) is 48.0 Å². The molecule has 3 heterocycles. The van der Waals surface area contributed by atoms with Gasteiger partial charge in [0.15, 0.2) is 5.69 Å². The number of hydrogen-bond donors (Lipinski definition) is 0. The molecule has 1 aliphatic rings. The van der Waals surface area contributed by atoms with Gasteiger partial charge in [0.1, 0.15) is 0 Å². The summed E-state index contributed by atoms with van der Waals surface area (Å²) in [5.74, 6) is 1.12. The van der Waals surface area contributed by atoms with E-state index in [-0.39, 0.29) is 5.91 Å². The van der Waals surface area contributed by atoms with E-state index in [0.29, 0.717) is 16.7 Å². The van der Waals surface area contributed by atoms with E-state index in [1.54, 1.807) is 16.2 Å². The Morgan fingerprint density at radius 3 is 2.88 bits per heavy atom. The molecule has 1 atom stereocenters. The summed E-state index contributed by atoms with van der Waals surface area (Å²) >= 11 is 3.06. The van der Waals surface area contributed by atoms with Gasteiger partial charge in [-0.05, 0) is 28.6 Å². The second kappa shape index (κ2) is 7.05. The van der Waals surface area contributed by atoms with Gasteiger partial charge in [0, 0.05) is 18.1 Å². The number of amides is 1. The molecular formula is C18H16N4O2S2. The summed E-state index contributed by atoms with van der Waals surface area (Å²) in [5, 5.41) is 13.1. The number of aromatic nitrogens is 3. The minimum Gasteiger partial charge on any atom is -0.447 e. The van der Waals surface area contributed by atoms with Crippen LogP contribution in [-0.2, 0) is 4.79 Å². The number of hydrogen-bond acceptors (Lipinski definition) is 7. The van der Waals surface area contributed by atoms with Crippen LogP contribution in [0.2, 0.25) is 0 Å². The Morgan fingerprint density at radius 2 is 2.15 bits per heavy atom. The van der Waals surface area contributed by atoms with Crippen LogP contribution >= 0.6 is 23.1 Å². The van der Waals surface area contributed by atoms with Crippen molar-refractivity contribution in [3.8, 4) is 17.1 Å². The lowest BCUT2D eigenvalue weighted by molar-refractivity contribution is -0.118. The fourth-order valence-electron chi connectivity index (χ4n) is 2.88. The molecule has 1 amide bonds. The van der Waals surface area contributed by atoms with Gasteiger partial charge in [0.05, 0.1) is 5.69 Å². The molecule has 6 nitrogen and oxygen atoms in total. The molecule has 0 bridgehead atoms. The molecule has 26 heavy (non-hydrogen) atoms. The first kappa shape index (κ1) is 17.0. The molecule has 0 radical (unpaired) electrons. The summed E-state index contributed by atoms with van der Waals surface area (Å²) in [7, 11) is 0. The van der Waals surface area contributed by atoms with Gasteiger partial charge in [0.2, 0.25) is 23.2 Å². The second-order valence-corrected chi connectivity index (χ2v) is 7.63. The van der Waals surface area contributed by atoms with E-state index in [1.165, 1.54) is 18.7 Å². The smallest absolute Gasteiger partial charge is 0.247 e. The summed E-state index contributed by atoms with van der Waals surface area (Å²) in [6, 6.07) is 9.56. The molecule has 4 rings (SSSR count). The number of anilines is 1. The van der Waals surface area contributed by atoms with E-state index in [9.17, 15) is 4.79 Å². The highest BCUT2D eigenvalue weighted by Gasteiger charge is 2.34. The lowest BCUT2D eigenvalue weighted by atomic mass is 10.1. The molecule has 0 saturated carbocycles. The quantitative estimate of drug-likeness (QED) is 0.632. The molecule has 0 aliphatic carbocycles. The number of thioether (sulfide) groups is 1. The van der Waals surface area contributed by atoms with Crippen LogP contribution < -0.4 is 9.64 Å². The largest absolute Gasteiger partial charge is 0.447 e. The van der Waals surface area contributed by atoms with E-state index in [2.05, 4.69) is 15.2 Å². The van der Waals surface area contributed by atoms with Gasteiger partial charge in [-0.15, -0.1) is 10.2 Å². The third-order valence-electron chi connectivity index (χ3n) is 3.95. The normalized spacial score (nSPS) is 15.6. The monoisotopic (exact) mass is 384 g/mol. The fraction of sp³-hybridized carbons (Fsp3) is 0.222. The van der Waals surface area contributed by atoms with Gasteiger partial charge in [-0.3, -0.25) is 9.69 Å². The molecule has 0 spiro atoms. The van der Waals surface area contributed by atoms with Gasteiger partial charge < -0.3 is 4.74 Å². The number of carbonyl (C=O) groups excluding carboxylic acids is 1. The molecule has 3 aromatic rings. The first-order valence-corrected chi connectivity index (χ1v) is 10.1. The van der Waals surface area contributed by atoms with Crippen LogP contribution in [0.1, 0.15) is 25.6 Å². The van der Waals surface area contributed by atoms with Crippen LogP contribution in [0.3, 0.4) is 0 Å². The number of fused-ring (bicyclic) bond motifs is 3. The first-order valence-electron chi connectivity index (χ1n) is 8.14. The van der Waals surface area contributed by atoms with Crippen molar-refractivity contribution in [3.63, 3.8) is 0 Å². The maximum absolute atomic E-state index is 12.5. The number of rotatable bonds is 3. The zero-order chi connectivity index (χ0) is 18.1.